The SMILES string of the molecule is CNC(=O)c1ccc(N2CCN(S(=O)(=O)c3ccc(Cl)cc3)CC2)cc1. The third kappa shape index (κ3) is 3.85. The normalized spacial score (nSPS) is 15.7. The van der Waals surface area contributed by atoms with Crippen LogP contribution in [0, 0.1) is 0 Å². The van der Waals surface area contributed by atoms with Crippen LogP contribution >= 0.6 is 11.6 Å². The number of rotatable bonds is 4. The third-order valence-electron chi connectivity index (χ3n) is 4.41. The van der Waals surface area contributed by atoms with Gasteiger partial charge in [-0.1, -0.05) is 11.6 Å². The molecule has 2 aromatic rings. The number of hydrogen-bond donors (Lipinski definition) is 1. The summed E-state index contributed by atoms with van der Waals surface area (Å²) in [4.78, 5) is 14.0. The van der Waals surface area contributed by atoms with Crippen molar-refractivity contribution >= 4 is 33.2 Å². The zero-order valence-electron chi connectivity index (χ0n) is 14.4. The van der Waals surface area contributed by atoms with Gasteiger partial charge in [0.25, 0.3) is 5.91 Å². The van der Waals surface area contributed by atoms with Gasteiger partial charge in [0.1, 0.15) is 0 Å². The predicted octanol–water partition coefficient (Wildman–Crippen LogP) is 2.21. The van der Waals surface area contributed by atoms with E-state index in [0.717, 1.165) is 5.69 Å². The first kappa shape index (κ1) is 18.7. The molecule has 0 bridgehead atoms. The van der Waals surface area contributed by atoms with E-state index < -0.39 is 10.0 Å². The summed E-state index contributed by atoms with van der Waals surface area (Å²) in [6, 6.07) is 13.5. The van der Waals surface area contributed by atoms with Crippen LogP contribution in [0.3, 0.4) is 0 Å². The van der Waals surface area contributed by atoms with Gasteiger partial charge in [0.05, 0.1) is 4.90 Å². The van der Waals surface area contributed by atoms with Gasteiger partial charge in [-0.25, -0.2) is 8.42 Å². The van der Waals surface area contributed by atoms with Crippen molar-refractivity contribution < 1.29 is 13.2 Å². The van der Waals surface area contributed by atoms with Gasteiger partial charge >= 0.3 is 0 Å². The fourth-order valence-corrected chi connectivity index (χ4v) is 4.46. The van der Waals surface area contributed by atoms with Crippen molar-refractivity contribution in [3.8, 4) is 0 Å². The molecule has 0 saturated carbocycles. The standard InChI is InChI=1S/C18H20ClN3O3S/c1-20-18(23)14-2-6-16(7-3-14)21-10-12-22(13-11-21)26(24,25)17-8-4-15(19)5-9-17/h2-9H,10-13H2,1H3,(H,20,23). The zero-order valence-corrected chi connectivity index (χ0v) is 15.9. The van der Waals surface area contributed by atoms with Crippen molar-refractivity contribution in [2.24, 2.45) is 0 Å². The first-order valence-electron chi connectivity index (χ1n) is 8.24. The number of benzene rings is 2. The average molecular weight is 394 g/mol. The van der Waals surface area contributed by atoms with Crippen LogP contribution < -0.4 is 10.2 Å². The number of sulfonamides is 1. The molecule has 26 heavy (non-hydrogen) atoms. The van der Waals surface area contributed by atoms with Crippen LogP contribution in [0.4, 0.5) is 5.69 Å². The number of hydrogen-bond acceptors (Lipinski definition) is 4. The van der Waals surface area contributed by atoms with Gasteiger partial charge in [-0.3, -0.25) is 4.79 Å². The van der Waals surface area contributed by atoms with Crippen molar-refractivity contribution in [2.75, 3.05) is 38.1 Å². The summed E-state index contributed by atoms with van der Waals surface area (Å²) in [6.07, 6.45) is 0. The van der Waals surface area contributed by atoms with Crippen LogP contribution in [-0.2, 0) is 10.0 Å². The molecule has 8 heteroatoms. The molecule has 0 aliphatic carbocycles. The highest BCUT2D eigenvalue weighted by molar-refractivity contribution is 7.89. The molecule has 3 rings (SSSR count). The van der Waals surface area contributed by atoms with Crippen molar-refractivity contribution in [1.82, 2.24) is 9.62 Å². The molecule has 1 heterocycles. The second kappa shape index (κ2) is 7.65. The Balaban J connectivity index is 1.67. The lowest BCUT2D eigenvalue weighted by molar-refractivity contribution is 0.0963. The Hall–Kier alpha value is -2.09. The first-order chi connectivity index (χ1) is 12.4. The number of halogens is 1. The lowest BCUT2D eigenvalue weighted by Crippen LogP contribution is -2.48. The van der Waals surface area contributed by atoms with Gasteiger partial charge in [0.15, 0.2) is 0 Å². The fraction of sp³-hybridized carbons (Fsp3) is 0.278. The van der Waals surface area contributed by atoms with Gasteiger partial charge in [-0.05, 0) is 48.5 Å². The van der Waals surface area contributed by atoms with Crippen molar-refractivity contribution in [3.05, 3.63) is 59.1 Å². The molecule has 1 N–H and O–H groups in total. The molecule has 1 aliphatic rings. The summed E-state index contributed by atoms with van der Waals surface area (Å²) < 4.78 is 26.9. The molecule has 1 amide bonds. The Morgan fingerprint density at radius 1 is 0.962 bits per heavy atom. The van der Waals surface area contributed by atoms with Crippen molar-refractivity contribution in [3.63, 3.8) is 0 Å². The quantitative estimate of drug-likeness (QED) is 0.864. The van der Waals surface area contributed by atoms with Crippen LogP contribution in [0.5, 0.6) is 0 Å². The molecular formula is C18H20ClN3O3S. The van der Waals surface area contributed by atoms with Crippen LogP contribution in [0.25, 0.3) is 0 Å². The van der Waals surface area contributed by atoms with Crippen LogP contribution in [0.15, 0.2) is 53.4 Å². The minimum atomic E-state index is -3.51. The number of nitrogens with one attached hydrogen (secondary N) is 1. The van der Waals surface area contributed by atoms with E-state index in [-0.39, 0.29) is 10.8 Å². The average Bonchev–Trinajstić information content (AvgIpc) is 2.68. The van der Waals surface area contributed by atoms with Crippen molar-refractivity contribution in [2.45, 2.75) is 4.90 Å². The van der Waals surface area contributed by atoms with E-state index in [9.17, 15) is 13.2 Å². The molecule has 1 saturated heterocycles. The van der Waals surface area contributed by atoms with Gasteiger partial charge in [0.2, 0.25) is 10.0 Å². The maximum absolute atomic E-state index is 12.7. The highest BCUT2D eigenvalue weighted by Crippen LogP contribution is 2.22. The topological polar surface area (TPSA) is 69.7 Å². The molecule has 0 radical (unpaired) electrons. The van der Waals surface area contributed by atoms with E-state index in [1.165, 1.54) is 16.4 Å². The minimum absolute atomic E-state index is 0.129. The monoisotopic (exact) mass is 393 g/mol. The first-order valence-corrected chi connectivity index (χ1v) is 10.1. The van der Waals surface area contributed by atoms with Gasteiger partial charge < -0.3 is 10.2 Å². The number of nitrogens with zero attached hydrogens (tertiary/aromatic N) is 2. The van der Waals surface area contributed by atoms with E-state index in [0.29, 0.717) is 36.8 Å². The number of piperazine rings is 1. The molecule has 1 aliphatic heterocycles. The maximum Gasteiger partial charge on any atom is 0.251 e. The Morgan fingerprint density at radius 3 is 2.08 bits per heavy atom. The smallest absolute Gasteiger partial charge is 0.251 e. The van der Waals surface area contributed by atoms with Crippen LogP contribution in [0.1, 0.15) is 10.4 Å². The molecule has 0 aromatic heterocycles. The van der Waals surface area contributed by atoms with E-state index >= 15 is 0 Å². The molecule has 6 nitrogen and oxygen atoms in total. The maximum atomic E-state index is 12.7. The largest absolute Gasteiger partial charge is 0.369 e. The van der Waals surface area contributed by atoms with E-state index in [1.807, 2.05) is 12.1 Å². The van der Waals surface area contributed by atoms with E-state index in [1.54, 1.807) is 31.3 Å². The second-order valence-corrected chi connectivity index (χ2v) is 8.35. The lowest BCUT2D eigenvalue weighted by atomic mass is 10.1. The highest BCUT2D eigenvalue weighted by atomic mass is 35.5. The Bertz CT molecular complexity index is 875. The minimum Gasteiger partial charge on any atom is -0.369 e. The predicted molar refractivity (Wildman–Crippen MR) is 102 cm³/mol. The zero-order chi connectivity index (χ0) is 18.7. The second-order valence-electron chi connectivity index (χ2n) is 5.97. The summed E-state index contributed by atoms with van der Waals surface area (Å²) in [6.45, 7) is 1.99. The Morgan fingerprint density at radius 2 is 1.54 bits per heavy atom. The molecule has 2 aromatic carbocycles. The van der Waals surface area contributed by atoms with E-state index in [2.05, 4.69) is 10.2 Å². The Kier molecular flexibility index (Phi) is 5.50. The van der Waals surface area contributed by atoms with Gasteiger partial charge in [-0.15, -0.1) is 0 Å². The summed E-state index contributed by atoms with van der Waals surface area (Å²) >= 11 is 5.83. The summed E-state index contributed by atoms with van der Waals surface area (Å²) in [7, 11) is -1.92. The van der Waals surface area contributed by atoms with Gasteiger partial charge in [0, 0.05) is 49.5 Å². The fourth-order valence-electron chi connectivity index (χ4n) is 2.91. The number of anilines is 1. The lowest BCUT2D eigenvalue weighted by Gasteiger charge is -2.35. The molecule has 0 spiro atoms. The molecule has 0 unspecified atom stereocenters. The van der Waals surface area contributed by atoms with Crippen LogP contribution in [-0.4, -0.2) is 51.9 Å². The molecule has 1 fully saturated rings. The molecule has 138 valence electrons. The summed E-state index contributed by atoms with van der Waals surface area (Å²) in [5.74, 6) is -0.129. The summed E-state index contributed by atoms with van der Waals surface area (Å²) in [5.41, 5.74) is 1.57. The summed E-state index contributed by atoms with van der Waals surface area (Å²) in [5, 5.41) is 3.10. The van der Waals surface area contributed by atoms with Crippen molar-refractivity contribution in [1.29, 1.82) is 0 Å². The number of carbonyl (C=O) groups is 1. The number of amides is 1. The van der Waals surface area contributed by atoms with E-state index in [4.69, 9.17) is 11.6 Å². The highest BCUT2D eigenvalue weighted by Gasteiger charge is 2.28. The molecular weight excluding hydrogens is 374 g/mol. The Labute approximate surface area is 158 Å². The molecule has 0 atom stereocenters. The van der Waals surface area contributed by atoms with Crippen LogP contribution in [0.2, 0.25) is 5.02 Å². The third-order valence-corrected chi connectivity index (χ3v) is 6.58. The number of carbonyl (C=O) groups excluding carboxylic acids is 1. The van der Waals surface area contributed by atoms with Gasteiger partial charge in [-0.2, -0.15) is 4.31 Å².